The van der Waals surface area contributed by atoms with Crippen LogP contribution in [-0.2, 0) is 0 Å². The van der Waals surface area contributed by atoms with E-state index >= 15 is 0 Å². The van der Waals surface area contributed by atoms with E-state index in [1.165, 1.54) is 5.57 Å². The van der Waals surface area contributed by atoms with Crippen LogP contribution in [0.15, 0.2) is 16.6 Å². The van der Waals surface area contributed by atoms with E-state index in [0.717, 1.165) is 13.1 Å². The molecule has 0 atom stereocenters. The SMILES string of the molecule is CN(C)CC1=CC=NC1. The summed E-state index contributed by atoms with van der Waals surface area (Å²) in [6.45, 7) is 1.94. The molecule has 0 aromatic heterocycles. The molecule has 0 saturated heterocycles. The van der Waals surface area contributed by atoms with Gasteiger partial charge in [-0.1, -0.05) is 0 Å². The summed E-state index contributed by atoms with van der Waals surface area (Å²) < 4.78 is 0. The first-order valence-electron chi connectivity index (χ1n) is 3.11. The van der Waals surface area contributed by atoms with Crippen LogP contribution in [0, 0.1) is 0 Å². The summed E-state index contributed by atoms with van der Waals surface area (Å²) in [7, 11) is 4.14. The Morgan fingerprint density at radius 3 is 2.89 bits per heavy atom. The van der Waals surface area contributed by atoms with Crippen molar-refractivity contribution in [2.75, 3.05) is 27.2 Å². The molecule has 50 valence electrons. The Labute approximate surface area is 55.9 Å². The summed E-state index contributed by atoms with van der Waals surface area (Å²) >= 11 is 0. The Bertz CT molecular complexity index is 145. The lowest BCUT2D eigenvalue weighted by atomic mass is 10.3. The van der Waals surface area contributed by atoms with E-state index in [9.17, 15) is 0 Å². The summed E-state index contributed by atoms with van der Waals surface area (Å²) in [5.74, 6) is 0. The van der Waals surface area contributed by atoms with Crippen molar-refractivity contribution in [3.63, 3.8) is 0 Å². The van der Waals surface area contributed by atoms with Crippen LogP contribution >= 0.6 is 0 Å². The van der Waals surface area contributed by atoms with E-state index in [-0.39, 0.29) is 0 Å². The zero-order chi connectivity index (χ0) is 6.69. The molecule has 0 aliphatic carbocycles. The molecule has 0 aromatic carbocycles. The van der Waals surface area contributed by atoms with Gasteiger partial charge in [-0.2, -0.15) is 0 Å². The first kappa shape index (κ1) is 6.49. The smallest absolute Gasteiger partial charge is 0.0615 e. The highest BCUT2D eigenvalue weighted by molar-refractivity contribution is 5.75. The molecule has 0 bridgehead atoms. The number of hydrogen-bond donors (Lipinski definition) is 0. The Morgan fingerprint density at radius 1 is 1.67 bits per heavy atom. The molecular formula is C7H12N2. The van der Waals surface area contributed by atoms with Crippen molar-refractivity contribution in [3.8, 4) is 0 Å². The molecule has 1 rings (SSSR count). The van der Waals surface area contributed by atoms with Crippen LogP contribution in [0.3, 0.4) is 0 Å². The fraction of sp³-hybridized carbons (Fsp3) is 0.571. The molecule has 0 N–H and O–H groups in total. The van der Waals surface area contributed by atoms with Crippen LogP contribution in [0.5, 0.6) is 0 Å². The second kappa shape index (κ2) is 2.78. The van der Waals surface area contributed by atoms with E-state index in [0.29, 0.717) is 0 Å². The van der Waals surface area contributed by atoms with Gasteiger partial charge < -0.3 is 4.90 Å². The molecule has 1 aliphatic rings. The zero-order valence-corrected chi connectivity index (χ0v) is 5.96. The van der Waals surface area contributed by atoms with E-state index in [4.69, 9.17) is 0 Å². The van der Waals surface area contributed by atoms with Gasteiger partial charge in [-0.25, -0.2) is 0 Å². The topological polar surface area (TPSA) is 15.6 Å². The molecule has 0 unspecified atom stereocenters. The average Bonchev–Trinajstić information content (AvgIpc) is 2.15. The summed E-state index contributed by atoms with van der Waals surface area (Å²) in [5.41, 5.74) is 1.40. The van der Waals surface area contributed by atoms with Gasteiger partial charge in [-0.05, 0) is 25.7 Å². The van der Waals surface area contributed by atoms with Crippen molar-refractivity contribution in [3.05, 3.63) is 11.6 Å². The van der Waals surface area contributed by atoms with Gasteiger partial charge in [0.15, 0.2) is 0 Å². The van der Waals surface area contributed by atoms with Gasteiger partial charge in [0.1, 0.15) is 0 Å². The Balaban J connectivity index is 2.30. The fourth-order valence-corrected chi connectivity index (χ4v) is 0.890. The lowest BCUT2D eigenvalue weighted by molar-refractivity contribution is 0.444. The minimum Gasteiger partial charge on any atom is -0.305 e. The number of hydrogen-bond acceptors (Lipinski definition) is 2. The van der Waals surface area contributed by atoms with Crippen molar-refractivity contribution in [2.24, 2.45) is 4.99 Å². The monoisotopic (exact) mass is 124 g/mol. The molecule has 0 spiro atoms. The molecule has 9 heavy (non-hydrogen) atoms. The predicted molar refractivity (Wildman–Crippen MR) is 40.0 cm³/mol. The maximum absolute atomic E-state index is 4.07. The van der Waals surface area contributed by atoms with Crippen LogP contribution in [0.4, 0.5) is 0 Å². The highest BCUT2D eigenvalue weighted by Crippen LogP contribution is 2.00. The molecule has 0 fully saturated rings. The molecule has 0 radical (unpaired) electrons. The van der Waals surface area contributed by atoms with E-state index in [2.05, 4.69) is 30.1 Å². The number of nitrogens with zero attached hydrogens (tertiary/aromatic N) is 2. The molecule has 0 saturated carbocycles. The van der Waals surface area contributed by atoms with E-state index in [1.54, 1.807) is 0 Å². The lowest BCUT2D eigenvalue weighted by Gasteiger charge is -2.08. The van der Waals surface area contributed by atoms with Gasteiger partial charge in [-0.3, -0.25) is 4.99 Å². The maximum atomic E-state index is 4.07. The third-order valence-electron chi connectivity index (χ3n) is 1.23. The largest absolute Gasteiger partial charge is 0.305 e. The minimum atomic E-state index is 0.901. The van der Waals surface area contributed by atoms with Crippen LogP contribution < -0.4 is 0 Å². The van der Waals surface area contributed by atoms with Crippen LogP contribution in [0.25, 0.3) is 0 Å². The first-order valence-corrected chi connectivity index (χ1v) is 3.11. The zero-order valence-electron chi connectivity index (χ0n) is 5.96. The van der Waals surface area contributed by atoms with Gasteiger partial charge in [0.2, 0.25) is 0 Å². The second-order valence-corrected chi connectivity index (χ2v) is 2.55. The highest BCUT2D eigenvalue weighted by atomic mass is 15.1. The normalized spacial score (nSPS) is 17.0. The third kappa shape index (κ3) is 1.98. The van der Waals surface area contributed by atoms with Gasteiger partial charge >= 0.3 is 0 Å². The molecular weight excluding hydrogens is 112 g/mol. The number of allylic oxidation sites excluding steroid dienone is 1. The average molecular weight is 124 g/mol. The fourth-order valence-electron chi connectivity index (χ4n) is 0.890. The lowest BCUT2D eigenvalue weighted by Crippen LogP contribution is -2.15. The van der Waals surface area contributed by atoms with Crippen LogP contribution in [0.2, 0.25) is 0 Å². The van der Waals surface area contributed by atoms with Gasteiger partial charge in [-0.15, -0.1) is 0 Å². The Hall–Kier alpha value is -0.630. The minimum absolute atomic E-state index is 0.901. The first-order chi connectivity index (χ1) is 4.29. The van der Waals surface area contributed by atoms with Gasteiger partial charge in [0, 0.05) is 12.8 Å². The van der Waals surface area contributed by atoms with Crippen molar-refractivity contribution in [1.29, 1.82) is 0 Å². The van der Waals surface area contributed by atoms with Gasteiger partial charge in [0.25, 0.3) is 0 Å². The van der Waals surface area contributed by atoms with Crippen molar-refractivity contribution in [1.82, 2.24) is 4.90 Å². The van der Waals surface area contributed by atoms with Crippen molar-refractivity contribution < 1.29 is 0 Å². The Morgan fingerprint density at radius 2 is 2.44 bits per heavy atom. The maximum Gasteiger partial charge on any atom is 0.0615 e. The van der Waals surface area contributed by atoms with Crippen molar-refractivity contribution in [2.45, 2.75) is 0 Å². The van der Waals surface area contributed by atoms with Gasteiger partial charge in [0.05, 0.1) is 6.54 Å². The molecule has 0 amide bonds. The standard InChI is InChI=1S/C7H12N2/c1-9(2)6-7-3-4-8-5-7/h3-4H,5-6H2,1-2H3. The molecule has 1 aliphatic heterocycles. The number of aliphatic imine (C=N–C) groups is 1. The predicted octanol–water partition coefficient (Wildman–Crippen LogP) is 0.559. The molecule has 1 heterocycles. The third-order valence-corrected chi connectivity index (χ3v) is 1.23. The van der Waals surface area contributed by atoms with Crippen LogP contribution in [0.1, 0.15) is 0 Å². The quantitative estimate of drug-likeness (QED) is 0.525. The molecule has 2 nitrogen and oxygen atoms in total. The number of likely N-dealkylation sites (N-methyl/N-ethyl adjacent to an activating group) is 1. The van der Waals surface area contributed by atoms with Crippen LogP contribution in [-0.4, -0.2) is 38.3 Å². The second-order valence-electron chi connectivity index (χ2n) is 2.55. The summed E-state index contributed by atoms with van der Waals surface area (Å²) in [6.07, 6.45) is 3.96. The highest BCUT2D eigenvalue weighted by Gasteiger charge is 1.99. The number of rotatable bonds is 2. The van der Waals surface area contributed by atoms with Crippen molar-refractivity contribution >= 4 is 6.21 Å². The Kier molecular flexibility index (Phi) is 2.01. The van der Waals surface area contributed by atoms with E-state index in [1.807, 2.05) is 6.21 Å². The molecule has 0 aromatic rings. The molecule has 2 heteroatoms. The summed E-state index contributed by atoms with van der Waals surface area (Å²) in [5, 5.41) is 0. The van der Waals surface area contributed by atoms with E-state index < -0.39 is 0 Å². The summed E-state index contributed by atoms with van der Waals surface area (Å²) in [4.78, 5) is 6.23. The summed E-state index contributed by atoms with van der Waals surface area (Å²) in [6, 6.07) is 0.